The average Bonchev–Trinajstić information content (AvgIpc) is 1.69. The second-order valence-corrected chi connectivity index (χ2v) is 1.73. The maximum absolute atomic E-state index is 4.02. The van der Waals surface area contributed by atoms with Crippen molar-refractivity contribution in [2.75, 3.05) is 0 Å². The number of pyridine rings is 1. The largest absolute Gasteiger partial charge is 2.00 e. The predicted molar refractivity (Wildman–Crippen MR) is 31.5 cm³/mol. The second-order valence-electron chi connectivity index (χ2n) is 1.21. The van der Waals surface area contributed by atoms with E-state index in [1.807, 2.05) is 12.1 Å². The Morgan fingerprint density at radius 1 is 1.50 bits per heavy atom. The molecule has 0 aliphatic heterocycles. The zero-order valence-electron chi connectivity index (χ0n) is 4.41. The first-order valence-electron chi connectivity index (χ1n) is 1.98. The molecule has 0 bridgehead atoms. The molecule has 0 unspecified atom stereocenters. The topological polar surface area (TPSA) is 12.9 Å². The van der Waals surface area contributed by atoms with Gasteiger partial charge < -0.3 is 0 Å². The van der Waals surface area contributed by atoms with Crippen LogP contribution in [0, 0.1) is 0 Å². The zero-order valence-corrected chi connectivity index (χ0v) is 8.27. The van der Waals surface area contributed by atoms with E-state index in [0.29, 0.717) is 0 Å². The molecule has 0 saturated carbocycles. The Bertz CT molecular complexity index is 142. The minimum absolute atomic E-state index is 0. The Morgan fingerprint density at radius 3 is 2.50 bits per heavy atom. The van der Waals surface area contributed by atoms with E-state index in [2.05, 4.69) is 17.6 Å². The van der Waals surface area contributed by atoms with Gasteiger partial charge in [-0.05, 0) is 12.1 Å². The third-order valence-corrected chi connectivity index (χ3v) is 0.910. The Morgan fingerprint density at radius 2 is 2.25 bits per heavy atom. The van der Waals surface area contributed by atoms with Crippen molar-refractivity contribution < 1.29 is 19.5 Å². The monoisotopic (exact) mass is 175 g/mol. The van der Waals surface area contributed by atoms with Crippen LogP contribution in [0.5, 0.6) is 0 Å². The molecule has 0 aliphatic carbocycles. The second kappa shape index (κ2) is 4.05. The van der Waals surface area contributed by atoms with Gasteiger partial charge in [-0.3, -0.25) is 4.98 Å². The molecule has 0 atom stereocenters. The molecule has 8 heavy (non-hydrogen) atoms. The molecular formula is C5H5NSZn+2. The van der Waals surface area contributed by atoms with Crippen LogP contribution in [0.1, 0.15) is 0 Å². The molecule has 0 saturated heterocycles. The van der Waals surface area contributed by atoms with Crippen molar-refractivity contribution in [1.29, 1.82) is 0 Å². The molecule has 1 aromatic rings. The third kappa shape index (κ3) is 2.44. The van der Waals surface area contributed by atoms with Crippen LogP contribution in [-0.2, 0) is 19.5 Å². The fraction of sp³-hybridized carbons (Fsp3) is 0. The van der Waals surface area contributed by atoms with Gasteiger partial charge in [-0.15, -0.1) is 12.6 Å². The molecule has 0 fully saturated rings. The quantitative estimate of drug-likeness (QED) is 0.465. The number of hydrogen-bond donors (Lipinski definition) is 1. The third-order valence-electron chi connectivity index (χ3n) is 0.646. The van der Waals surface area contributed by atoms with E-state index in [4.69, 9.17) is 0 Å². The van der Waals surface area contributed by atoms with Crippen LogP contribution in [-0.4, -0.2) is 4.98 Å². The summed E-state index contributed by atoms with van der Waals surface area (Å²) in [5.41, 5.74) is 0. The number of hydrogen-bond acceptors (Lipinski definition) is 2. The minimum atomic E-state index is 0. The van der Waals surface area contributed by atoms with Crippen molar-refractivity contribution in [3.8, 4) is 0 Å². The molecule has 36 valence electrons. The summed E-state index contributed by atoms with van der Waals surface area (Å²) >= 11 is 4.02. The SMILES string of the molecule is Sc1cccnc1.[Zn+2]. The molecule has 0 spiro atoms. The summed E-state index contributed by atoms with van der Waals surface area (Å²) in [5, 5.41) is 0. The summed E-state index contributed by atoms with van der Waals surface area (Å²) in [6.07, 6.45) is 3.42. The summed E-state index contributed by atoms with van der Waals surface area (Å²) in [6.45, 7) is 0. The fourth-order valence-electron chi connectivity index (χ4n) is 0.354. The molecule has 1 heterocycles. The first-order valence-corrected chi connectivity index (χ1v) is 2.43. The van der Waals surface area contributed by atoms with Gasteiger partial charge in [0.05, 0.1) is 0 Å². The van der Waals surface area contributed by atoms with Crippen LogP contribution in [0.25, 0.3) is 0 Å². The van der Waals surface area contributed by atoms with E-state index in [1.165, 1.54) is 0 Å². The van der Waals surface area contributed by atoms with Crippen LogP contribution < -0.4 is 0 Å². The van der Waals surface area contributed by atoms with Gasteiger partial charge >= 0.3 is 19.5 Å². The van der Waals surface area contributed by atoms with Crippen molar-refractivity contribution in [2.45, 2.75) is 4.90 Å². The van der Waals surface area contributed by atoms with Crippen LogP contribution in [0.4, 0.5) is 0 Å². The molecule has 1 rings (SSSR count). The molecule has 0 N–H and O–H groups in total. The van der Waals surface area contributed by atoms with Gasteiger partial charge in [0.2, 0.25) is 0 Å². The molecule has 0 aromatic carbocycles. The molecule has 0 radical (unpaired) electrons. The van der Waals surface area contributed by atoms with Crippen molar-refractivity contribution >= 4 is 12.6 Å². The van der Waals surface area contributed by atoms with Crippen molar-refractivity contribution in [1.82, 2.24) is 4.98 Å². The van der Waals surface area contributed by atoms with Gasteiger partial charge in [-0.1, -0.05) is 0 Å². The van der Waals surface area contributed by atoms with Crippen LogP contribution >= 0.6 is 12.6 Å². The van der Waals surface area contributed by atoms with E-state index >= 15 is 0 Å². The van der Waals surface area contributed by atoms with Gasteiger partial charge in [0.1, 0.15) is 0 Å². The van der Waals surface area contributed by atoms with Crippen LogP contribution in [0.2, 0.25) is 0 Å². The number of thiol groups is 1. The van der Waals surface area contributed by atoms with Gasteiger partial charge in [-0.2, -0.15) is 0 Å². The average molecular weight is 177 g/mol. The van der Waals surface area contributed by atoms with Gasteiger partial charge in [0, 0.05) is 17.3 Å². The maximum atomic E-state index is 4.02. The summed E-state index contributed by atoms with van der Waals surface area (Å²) in [4.78, 5) is 4.71. The summed E-state index contributed by atoms with van der Waals surface area (Å²) in [7, 11) is 0. The van der Waals surface area contributed by atoms with Crippen molar-refractivity contribution in [3.63, 3.8) is 0 Å². The van der Waals surface area contributed by atoms with E-state index in [0.717, 1.165) is 4.90 Å². The summed E-state index contributed by atoms with van der Waals surface area (Å²) < 4.78 is 0. The van der Waals surface area contributed by atoms with Gasteiger partial charge in [0.25, 0.3) is 0 Å². The Balaban J connectivity index is 0.000000490. The maximum Gasteiger partial charge on any atom is 2.00 e. The molecule has 1 nitrogen and oxygen atoms in total. The Hall–Kier alpha value is 0.123. The number of nitrogens with zero attached hydrogens (tertiary/aromatic N) is 1. The van der Waals surface area contributed by atoms with E-state index in [-0.39, 0.29) is 19.5 Å². The Kier molecular flexibility index (Phi) is 4.11. The van der Waals surface area contributed by atoms with Crippen LogP contribution in [0.15, 0.2) is 29.4 Å². The van der Waals surface area contributed by atoms with E-state index in [9.17, 15) is 0 Å². The molecule has 0 amide bonds. The van der Waals surface area contributed by atoms with E-state index in [1.54, 1.807) is 12.4 Å². The molecular weight excluding hydrogens is 172 g/mol. The molecule has 3 heteroatoms. The fourth-order valence-corrected chi connectivity index (χ4v) is 0.506. The van der Waals surface area contributed by atoms with Gasteiger partial charge in [0.15, 0.2) is 0 Å². The zero-order chi connectivity index (χ0) is 5.11. The van der Waals surface area contributed by atoms with Crippen molar-refractivity contribution in [3.05, 3.63) is 24.5 Å². The summed E-state index contributed by atoms with van der Waals surface area (Å²) in [5.74, 6) is 0. The molecule has 0 aliphatic rings. The van der Waals surface area contributed by atoms with Crippen LogP contribution in [0.3, 0.4) is 0 Å². The normalized spacial score (nSPS) is 7.62. The number of rotatable bonds is 0. The standard InChI is InChI=1S/C5H5NS.Zn/c7-5-2-1-3-6-4-5;/h1-4,7H;/q;+2. The smallest absolute Gasteiger partial charge is 0.264 e. The summed E-state index contributed by atoms with van der Waals surface area (Å²) in [6, 6.07) is 3.73. The Labute approximate surface area is 66.7 Å². The minimum Gasteiger partial charge on any atom is -0.264 e. The first kappa shape index (κ1) is 8.12. The first-order chi connectivity index (χ1) is 3.39. The van der Waals surface area contributed by atoms with Crippen molar-refractivity contribution in [2.24, 2.45) is 0 Å². The van der Waals surface area contributed by atoms with Gasteiger partial charge in [-0.25, -0.2) is 0 Å². The molecule has 1 aromatic heterocycles. The van der Waals surface area contributed by atoms with E-state index < -0.39 is 0 Å². The number of aromatic nitrogens is 1. The predicted octanol–water partition coefficient (Wildman–Crippen LogP) is 1.37.